The standard InChI is InChI=1S/C15H13F2NO/c16-12-5-4-10-6-7-18(14(10)8-12)15-11(9-19)2-1-3-13(15)17/h1-5,8,19H,6-7,9H2. The number of benzene rings is 2. The second-order valence-electron chi connectivity index (χ2n) is 4.58. The Morgan fingerprint density at radius 1 is 1.16 bits per heavy atom. The molecule has 0 spiro atoms. The van der Waals surface area contributed by atoms with Crippen molar-refractivity contribution < 1.29 is 13.9 Å². The first-order valence-electron chi connectivity index (χ1n) is 6.15. The molecule has 2 aromatic carbocycles. The lowest BCUT2D eigenvalue weighted by molar-refractivity contribution is 0.281. The van der Waals surface area contributed by atoms with Gasteiger partial charge in [0.25, 0.3) is 0 Å². The number of aliphatic hydroxyl groups is 1. The predicted octanol–water partition coefficient (Wildman–Crippen LogP) is 3.15. The number of aliphatic hydroxyl groups excluding tert-OH is 1. The third-order valence-electron chi connectivity index (χ3n) is 3.45. The average molecular weight is 261 g/mol. The lowest BCUT2D eigenvalue weighted by Gasteiger charge is -2.22. The van der Waals surface area contributed by atoms with Crippen LogP contribution < -0.4 is 4.90 Å². The second kappa shape index (κ2) is 4.63. The van der Waals surface area contributed by atoms with Crippen LogP contribution in [0.15, 0.2) is 36.4 Å². The number of hydrogen-bond acceptors (Lipinski definition) is 2. The van der Waals surface area contributed by atoms with Crippen molar-refractivity contribution in [3.8, 4) is 0 Å². The number of hydrogen-bond donors (Lipinski definition) is 1. The first-order chi connectivity index (χ1) is 9.20. The molecule has 0 amide bonds. The fourth-order valence-electron chi connectivity index (χ4n) is 2.57. The summed E-state index contributed by atoms with van der Waals surface area (Å²) in [6, 6.07) is 9.14. The molecule has 4 heteroatoms. The molecule has 0 aromatic heterocycles. The molecular weight excluding hydrogens is 248 g/mol. The van der Waals surface area contributed by atoms with Gasteiger partial charge in [0.1, 0.15) is 11.6 Å². The average Bonchev–Trinajstić information content (AvgIpc) is 2.81. The van der Waals surface area contributed by atoms with Crippen LogP contribution in [0.2, 0.25) is 0 Å². The molecule has 0 bridgehead atoms. The van der Waals surface area contributed by atoms with Crippen LogP contribution in [0.5, 0.6) is 0 Å². The number of anilines is 2. The molecule has 1 aliphatic rings. The Bertz CT molecular complexity index is 628. The molecule has 0 fully saturated rings. The Morgan fingerprint density at radius 2 is 2.00 bits per heavy atom. The molecule has 0 radical (unpaired) electrons. The Labute approximate surface area is 109 Å². The topological polar surface area (TPSA) is 23.5 Å². The summed E-state index contributed by atoms with van der Waals surface area (Å²) in [4.78, 5) is 1.74. The minimum atomic E-state index is -0.399. The normalized spacial score (nSPS) is 13.7. The van der Waals surface area contributed by atoms with E-state index in [-0.39, 0.29) is 12.4 Å². The van der Waals surface area contributed by atoms with Gasteiger partial charge in [0.2, 0.25) is 0 Å². The van der Waals surface area contributed by atoms with E-state index in [2.05, 4.69) is 0 Å². The largest absolute Gasteiger partial charge is 0.392 e. The van der Waals surface area contributed by atoms with Gasteiger partial charge in [-0.1, -0.05) is 18.2 Å². The van der Waals surface area contributed by atoms with Gasteiger partial charge in [-0.15, -0.1) is 0 Å². The maximum atomic E-state index is 14.0. The maximum absolute atomic E-state index is 14.0. The lowest BCUT2D eigenvalue weighted by atomic mass is 10.1. The first kappa shape index (κ1) is 12.1. The molecule has 19 heavy (non-hydrogen) atoms. The van der Waals surface area contributed by atoms with E-state index < -0.39 is 5.82 Å². The van der Waals surface area contributed by atoms with Crippen molar-refractivity contribution in [1.82, 2.24) is 0 Å². The monoisotopic (exact) mass is 261 g/mol. The van der Waals surface area contributed by atoms with Crippen LogP contribution >= 0.6 is 0 Å². The van der Waals surface area contributed by atoms with Gasteiger partial charge in [0.05, 0.1) is 12.3 Å². The van der Waals surface area contributed by atoms with E-state index in [9.17, 15) is 13.9 Å². The Hall–Kier alpha value is -1.94. The molecule has 0 atom stereocenters. The molecule has 0 saturated heterocycles. The Morgan fingerprint density at radius 3 is 2.79 bits per heavy atom. The predicted molar refractivity (Wildman–Crippen MR) is 69.4 cm³/mol. The van der Waals surface area contributed by atoms with Crippen LogP contribution in [0.25, 0.3) is 0 Å². The highest BCUT2D eigenvalue weighted by atomic mass is 19.1. The van der Waals surface area contributed by atoms with Crippen molar-refractivity contribution in [2.75, 3.05) is 11.4 Å². The summed E-state index contributed by atoms with van der Waals surface area (Å²) < 4.78 is 27.4. The highest BCUT2D eigenvalue weighted by molar-refractivity contribution is 5.72. The van der Waals surface area contributed by atoms with Gasteiger partial charge in [-0.2, -0.15) is 0 Å². The zero-order valence-electron chi connectivity index (χ0n) is 10.2. The van der Waals surface area contributed by atoms with Crippen LogP contribution in [0.4, 0.5) is 20.2 Å². The van der Waals surface area contributed by atoms with Crippen LogP contribution in [0.1, 0.15) is 11.1 Å². The van der Waals surface area contributed by atoms with Crippen molar-refractivity contribution in [2.24, 2.45) is 0 Å². The van der Waals surface area contributed by atoms with E-state index in [4.69, 9.17) is 0 Å². The van der Waals surface area contributed by atoms with Gasteiger partial charge in [-0.25, -0.2) is 8.78 Å². The molecule has 0 unspecified atom stereocenters. The van der Waals surface area contributed by atoms with E-state index >= 15 is 0 Å². The quantitative estimate of drug-likeness (QED) is 0.897. The van der Waals surface area contributed by atoms with Gasteiger partial charge in [-0.05, 0) is 30.2 Å². The summed E-state index contributed by atoms with van der Waals surface area (Å²) in [5.74, 6) is -0.740. The molecule has 3 rings (SSSR count). The van der Waals surface area contributed by atoms with Crippen molar-refractivity contribution in [1.29, 1.82) is 0 Å². The molecular formula is C15H13F2NO. The summed E-state index contributed by atoms with van der Waals surface area (Å²) in [6.07, 6.45) is 0.745. The first-order valence-corrected chi connectivity index (χ1v) is 6.15. The summed E-state index contributed by atoms with van der Waals surface area (Å²) >= 11 is 0. The summed E-state index contributed by atoms with van der Waals surface area (Å²) in [5.41, 5.74) is 2.53. The zero-order valence-corrected chi connectivity index (χ0v) is 10.2. The summed E-state index contributed by atoms with van der Waals surface area (Å²) in [6.45, 7) is 0.348. The van der Waals surface area contributed by atoms with Crippen LogP contribution in [0, 0.1) is 11.6 Å². The Kier molecular flexibility index (Phi) is 2.95. The second-order valence-corrected chi connectivity index (χ2v) is 4.58. The Balaban J connectivity index is 2.14. The van der Waals surface area contributed by atoms with Gasteiger partial charge in [0.15, 0.2) is 0 Å². The maximum Gasteiger partial charge on any atom is 0.147 e. The van der Waals surface area contributed by atoms with Crippen molar-refractivity contribution >= 4 is 11.4 Å². The fourth-order valence-corrected chi connectivity index (χ4v) is 2.57. The smallest absolute Gasteiger partial charge is 0.147 e. The van der Waals surface area contributed by atoms with Crippen molar-refractivity contribution in [3.63, 3.8) is 0 Å². The summed E-state index contributed by atoms with van der Waals surface area (Å²) in [7, 11) is 0. The molecule has 1 N–H and O–H groups in total. The third kappa shape index (κ3) is 1.98. The van der Waals surface area contributed by atoms with Gasteiger partial charge >= 0.3 is 0 Å². The van der Waals surface area contributed by atoms with E-state index in [1.807, 2.05) is 0 Å². The molecule has 1 aliphatic heterocycles. The number of rotatable bonds is 2. The SMILES string of the molecule is OCc1cccc(F)c1N1CCc2ccc(F)cc21. The third-order valence-corrected chi connectivity index (χ3v) is 3.45. The number of nitrogens with zero attached hydrogens (tertiary/aromatic N) is 1. The minimum absolute atomic E-state index is 0.242. The van der Waals surface area contributed by atoms with Crippen LogP contribution in [0.3, 0.4) is 0 Å². The molecule has 0 aliphatic carbocycles. The van der Waals surface area contributed by atoms with Gasteiger partial charge < -0.3 is 10.0 Å². The number of para-hydroxylation sites is 1. The highest BCUT2D eigenvalue weighted by Gasteiger charge is 2.25. The van der Waals surface area contributed by atoms with E-state index in [1.165, 1.54) is 18.2 Å². The fraction of sp³-hybridized carbons (Fsp3) is 0.200. The molecule has 0 saturated carbocycles. The van der Waals surface area contributed by atoms with E-state index in [0.29, 0.717) is 23.5 Å². The minimum Gasteiger partial charge on any atom is -0.392 e. The van der Waals surface area contributed by atoms with Gasteiger partial charge in [0, 0.05) is 17.8 Å². The zero-order chi connectivity index (χ0) is 13.4. The lowest BCUT2D eigenvalue weighted by Crippen LogP contribution is -2.17. The number of fused-ring (bicyclic) bond motifs is 1. The molecule has 2 nitrogen and oxygen atoms in total. The molecule has 98 valence electrons. The van der Waals surface area contributed by atoms with Gasteiger partial charge in [-0.3, -0.25) is 0 Å². The van der Waals surface area contributed by atoms with Crippen molar-refractivity contribution in [3.05, 3.63) is 59.2 Å². The van der Waals surface area contributed by atoms with E-state index in [0.717, 1.165) is 12.0 Å². The van der Waals surface area contributed by atoms with Crippen LogP contribution in [-0.4, -0.2) is 11.7 Å². The summed E-state index contributed by atoms with van der Waals surface area (Å²) in [5, 5.41) is 9.34. The van der Waals surface area contributed by atoms with Crippen LogP contribution in [-0.2, 0) is 13.0 Å². The number of halogens is 2. The van der Waals surface area contributed by atoms with Crippen molar-refractivity contribution in [2.45, 2.75) is 13.0 Å². The highest BCUT2D eigenvalue weighted by Crippen LogP contribution is 2.38. The van der Waals surface area contributed by atoms with E-state index in [1.54, 1.807) is 23.1 Å². The molecule has 1 heterocycles. The molecule has 2 aromatic rings.